The highest BCUT2D eigenvalue weighted by Gasteiger charge is 2.17. The van der Waals surface area contributed by atoms with Crippen molar-refractivity contribution in [3.05, 3.63) is 46.0 Å². The first kappa shape index (κ1) is 14.7. The maximum Gasteiger partial charge on any atom is 0.254 e. The number of methoxy groups -OCH3 is 1. The molecule has 7 heteroatoms. The van der Waals surface area contributed by atoms with Gasteiger partial charge in [-0.3, -0.25) is 4.79 Å². The molecular formula is C13H13Cl2N3O2. The van der Waals surface area contributed by atoms with Gasteiger partial charge in [-0.15, -0.1) is 0 Å². The molecule has 0 saturated carbocycles. The maximum absolute atomic E-state index is 12.3. The molecule has 0 unspecified atom stereocenters. The number of aromatic amines is 1. The van der Waals surface area contributed by atoms with E-state index in [4.69, 9.17) is 27.9 Å². The molecule has 0 aliphatic heterocycles. The molecule has 0 fully saturated rings. The number of amides is 1. The molecule has 1 aromatic carbocycles. The Balaban J connectivity index is 2.20. The predicted molar refractivity (Wildman–Crippen MR) is 77.4 cm³/mol. The number of halogens is 2. The van der Waals surface area contributed by atoms with E-state index in [9.17, 15) is 4.79 Å². The van der Waals surface area contributed by atoms with Gasteiger partial charge in [0.2, 0.25) is 0 Å². The molecule has 0 aliphatic rings. The van der Waals surface area contributed by atoms with Crippen molar-refractivity contribution in [1.29, 1.82) is 0 Å². The van der Waals surface area contributed by atoms with Crippen LogP contribution in [0.1, 0.15) is 16.2 Å². The number of aromatic nitrogens is 2. The van der Waals surface area contributed by atoms with Gasteiger partial charge in [-0.1, -0.05) is 23.2 Å². The average Bonchev–Trinajstić information content (AvgIpc) is 2.90. The lowest BCUT2D eigenvalue weighted by Gasteiger charge is -2.17. The lowest BCUT2D eigenvalue weighted by atomic mass is 10.2. The zero-order valence-corrected chi connectivity index (χ0v) is 12.5. The quantitative estimate of drug-likeness (QED) is 0.944. The predicted octanol–water partition coefficient (Wildman–Crippen LogP) is 3.00. The van der Waals surface area contributed by atoms with E-state index in [1.807, 2.05) is 0 Å². The maximum atomic E-state index is 12.3. The number of hydrogen-bond acceptors (Lipinski definition) is 3. The number of benzene rings is 1. The van der Waals surface area contributed by atoms with Crippen LogP contribution in [0.4, 0.5) is 0 Å². The summed E-state index contributed by atoms with van der Waals surface area (Å²) in [7, 11) is 3.15. The van der Waals surface area contributed by atoms with Gasteiger partial charge in [-0.25, -0.2) is 4.98 Å². The summed E-state index contributed by atoms with van der Waals surface area (Å²) >= 11 is 12.1. The number of carbonyl (C=O) groups is 1. The van der Waals surface area contributed by atoms with Gasteiger partial charge in [0.25, 0.3) is 5.91 Å². The molecule has 106 valence electrons. The van der Waals surface area contributed by atoms with Crippen LogP contribution >= 0.6 is 23.2 Å². The largest absolute Gasteiger partial charge is 0.494 e. The molecular weight excluding hydrogens is 301 g/mol. The summed E-state index contributed by atoms with van der Waals surface area (Å²) in [6.45, 7) is 0.368. The van der Waals surface area contributed by atoms with Crippen LogP contribution < -0.4 is 4.74 Å². The van der Waals surface area contributed by atoms with Crippen molar-refractivity contribution >= 4 is 29.1 Å². The monoisotopic (exact) mass is 313 g/mol. The van der Waals surface area contributed by atoms with E-state index in [1.54, 1.807) is 19.4 Å². The second-order valence-electron chi connectivity index (χ2n) is 4.17. The summed E-state index contributed by atoms with van der Waals surface area (Å²) in [4.78, 5) is 20.8. The van der Waals surface area contributed by atoms with Crippen LogP contribution in [0.2, 0.25) is 10.0 Å². The van der Waals surface area contributed by atoms with Crippen molar-refractivity contribution < 1.29 is 9.53 Å². The van der Waals surface area contributed by atoms with E-state index < -0.39 is 0 Å². The fourth-order valence-corrected chi connectivity index (χ4v) is 2.42. The van der Waals surface area contributed by atoms with Crippen LogP contribution in [-0.4, -0.2) is 34.9 Å². The fourth-order valence-electron chi connectivity index (χ4n) is 1.78. The van der Waals surface area contributed by atoms with Crippen molar-refractivity contribution in [2.75, 3.05) is 14.2 Å². The van der Waals surface area contributed by atoms with Gasteiger partial charge in [-0.2, -0.15) is 0 Å². The van der Waals surface area contributed by atoms with Crippen LogP contribution in [-0.2, 0) is 6.54 Å². The Hall–Kier alpha value is -1.72. The number of carbonyl (C=O) groups excluding carboxylic acids is 1. The van der Waals surface area contributed by atoms with E-state index >= 15 is 0 Å². The minimum Gasteiger partial charge on any atom is -0.494 e. The number of ether oxygens (including phenoxy) is 1. The molecule has 0 bridgehead atoms. The Kier molecular flexibility index (Phi) is 4.52. The average molecular weight is 314 g/mol. The molecule has 20 heavy (non-hydrogen) atoms. The molecule has 2 aromatic rings. The highest BCUT2D eigenvalue weighted by molar-refractivity contribution is 6.37. The Labute approximate surface area is 126 Å². The lowest BCUT2D eigenvalue weighted by molar-refractivity contribution is 0.0782. The Morgan fingerprint density at radius 3 is 2.55 bits per heavy atom. The first-order valence-corrected chi connectivity index (χ1v) is 6.55. The van der Waals surface area contributed by atoms with Crippen LogP contribution in [0.3, 0.4) is 0 Å². The molecule has 0 saturated heterocycles. The molecule has 0 spiro atoms. The summed E-state index contributed by atoms with van der Waals surface area (Å²) in [5.41, 5.74) is 0.398. The van der Waals surface area contributed by atoms with E-state index in [1.165, 1.54) is 24.1 Å². The number of hydrogen-bond donors (Lipinski definition) is 1. The van der Waals surface area contributed by atoms with Gasteiger partial charge in [0.15, 0.2) is 5.75 Å². The summed E-state index contributed by atoms with van der Waals surface area (Å²) < 4.78 is 5.05. The topological polar surface area (TPSA) is 58.2 Å². The third-order valence-electron chi connectivity index (χ3n) is 2.74. The summed E-state index contributed by atoms with van der Waals surface area (Å²) in [5.74, 6) is 0.859. The van der Waals surface area contributed by atoms with Gasteiger partial charge in [0.05, 0.1) is 23.7 Å². The van der Waals surface area contributed by atoms with Crippen LogP contribution in [0.25, 0.3) is 0 Å². The SMILES string of the molecule is COc1c(Cl)cc(C(=O)N(C)Cc2ncc[nH]2)cc1Cl. The Morgan fingerprint density at radius 2 is 2.05 bits per heavy atom. The second-order valence-corrected chi connectivity index (χ2v) is 4.98. The first-order valence-electron chi connectivity index (χ1n) is 5.79. The molecule has 0 aliphatic carbocycles. The summed E-state index contributed by atoms with van der Waals surface area (Å²) in [5, 5.41) is 0.601. The number of rotatable bonds is 4. The molecule has 1 N–H and O–H groups in total. The van der Waals surface area contributed by atoms with Gasteiger partial charge < -0.3 is 14.6 Å². The third-order valence-corrected chi connectivity index (χ3v) is 3.30. The van der Waals surface area contributed by atoms with Gasteiger partial charge in [0, 0.05) is 25.0 Å². The van der Waals surface area contributed by atoms with Crippen LogP contribution in [0.5, 0.6) is 5.75 Å². The van der Waals surface area contributed by atoms with E-state index in [2.05, 4.69) is 9.97 Å². The highest BCUT2D eigenvalue weighted by atomic mass is 35.5. The van der Waals surface area contributed by atoms with Gasteiger partial charge in [0.1, 0.15) is 5.82 Å². The normalized spacial score (nSPS) is 10.4. The van der Waals surface area contributed by atoms with Crippen molar-refractivity contribution in [3.8, 4) is 5.75 Å². The molecule has 1 aromatic heterocycles. The number of H-pyrrole nitrogens is 1. The standard InChI is InChI=1S/C13H13Cl2N3O2/c1-18(7-11-16-3-4-17-11)13(19)8-5-9(14)12(20-2)10(15)6-8/h3-6H,7H2,1-2H3,(H,16,17). The number of nitrogens with zero attached hydrogens (tertiary/aromatic N) is 2. The molecule has 0 radical (unpaired) electrons. The third kappa shape index (κ3) is 3.05. The second kappa shape index (κ2) is 6.15. The van der Waals surface area contributed by atoms with E-state index in [0.717, 1.165) is 0 Å². The molecule has 2 rings (SSSR count). The lowest BCUT2D eigenvalue weighted by Crippen LogP contribution is -2.26. The Morgan fingerprint density at radius 1 is 1.40 bits per heavy atom. The molecule has 1 amide bonds. The minimum absolute atomic E-state index is 0.201. The van der Waals surface area contributed by atoms with Crippen molar-refractivity contribution in [1.82, 2.24) is 14.9 Å². The minimum atomic E-state index is -0.201. The first-order chi connectivity index (χ1) is 9.52. The van der Waals surface area contributed by atoms with E-state index in [-0.39, 0.29) is 5.91 Å². The number of nitrogens with one attached hydrogen (secondary N) is 1. The molecule has 1 heterocycles. The molecule has 0 atom stereocenters. The zero-order valence-electron chi connectivity index (χ0n) is 11.0. The fraction of sp³-hybridized carbons (Fsp3) is 0.231. The van der Waals surface area contributed by atoms with Gasteiger partial charge in [-0.05, 0) is 12.1 Å². The van der Waals surface area contributed by atoms with Crippen LogP contribution in [0, 0.1) is 0 Å². The number of imidazole rings is 1. The summed E-state index contributed by atoms with van der Waals surface area (Å²) in [6, 6.07) is 3.07. The van der Waals surface area contributed by atoms with Crippen molar-refractivity contribution in [2.45, 2.75) is 6.54 Å². The summed E-state index contributed by atoms with van der Waals surface area (Å²) in [6.07, 6.45) is 3.34. The smallest absolute Gasteiger partial charge is 0.254 e. The highest BCUT2D eigenvalue weighted by Crippen LogP contribution is 2.34. The van der Waals surface area contributed by atoms with Crippen molar-refractivity contribution in [3.63, 3.8) is 0 Å². The van der Waals surface area contributed by atoms with E-state index in [0.29, 0.717) is 33.7 Å². The molecule has 5 nitrogen and oxygen atoms in total. The van der Waals surface area contributed by atoms with Crippen molar-refractivity contribution in [2.24, 2.45) is 0 Å². The van der Waals surface area contributed by atoms with Crippen LogP contribution in [0.15, 0.2) is 24.5 Å². The zero-order chi connectivity index (χ0) is 14.7. The Bertz CT molecular complexity index is 591. The van der Waals surface area contributed by atoms with Gasteiger partial charge >= 0.3 is 0 Å².